The number of carboxylic acids is 1. The molecule has 7 heteroatoms. The minimum absolute atomic E-state index is 1.19. The van der Waals surface area contributed by atoms with Crippen LogP contribution >= 0.6 is 0 Å². The predicted molar refractivity (Wildman–Crippen MR) is 41.3 cm³/mol. The van der Waals surface area contributed by atoms with Crippen molar-refractivity contribution in [2.45, 2.75) is 30.7 Å². The molecule has 0 bridgehead atoms. The van der Waals surface area contributed by atoms with E-state index in [1.54, 1.807) is 0 Å². The maximum atomic E-state index is 10.5. The van der Waals surface area contributed by atoms with E-state index in [-0.39, 0.29) is 0 Å². The Hall–Kier alpha value is -0.730. The van der Waals surface area contributed by atoms with Gasteiger partial charge in [-0.3, -0.25) is 0 Å². The summed E-state index contributed by atoms with van der Waals surface area (Å²) >= 11 is 0. The van der Waals surface area contributed by atoms with Crippen LogP contribution in [0.5, 0.6) is 0 Å². The van der Waals surface area contributed by atoms with Crippen molar-refractivity contribution in [3.8, 4) is 0 Å². The monoisotopic (exact) mass is 208 g/mol. The van der Waals surface area contributed by atoms with Crippen LogP contribution in [-0.2, 0) is 14.3 Å². The molecule has 4 N–H and O–H groups in total. The zero-order valence-corrected chi connectivity index (χ0v) is 7.40. The fraction of sp³-hybridized carbons (Fsp3) is 0.857. The van der Waals surface area contributed by atoms with E-state index in [2.05, 4.69) is 4.74 Å². The van der Waals surface area contributed by atoms with Gasteiger partial charge in [-0.05, 0) is 0 Å². The van der Waals surface area contributed by atoms with Crippen LogP contribution in [0, 0.1) is 0 Å². The Labute approximate surface area is 79.5 Å². The van der Waals surface area contributed by atoms with E-state index in [1.165, 1.54) is 7.11 Å². The smallest absolute Gasteiger partial charge is 0.335 e. The molecule has 0 radical (unpaired) electrons. The van der Waals surface area contributed by atoms with Crippen LogP contribution in [0.2, 0.25) is 0 Å². The fourth-order valence-electron chi connectivity index (χ4n) is 1.25. The molecular formula is C7H12O7. The van der Waals surface area contributed by atoms with E-state index in [0.29, 0.717) is 0 Å². The molecule has 1 aliphatic rings. The zero-order valence-electron chi connectivity index (χ0n) is 7.40. The van der Waals surface area contributed by atoms with Gasteiger partial charge in [0.1, 0.15) is 18.3 Å². The summed E-state index contributed by atoms with van der Waals surface area (Å²) in [5.41, 5.74) is 0. The molecule has 82 valence electrons. The highest BCUT2D eigenvalue weighted by Crippen LogP contribution is 2.21. The van der Waals surface area contributed by atoms with E-state index in [1.807, 2.05) is 0 Å². The molecule has 0 aromatic carbocycles. The Morgan fingerprint density at radius 3 is 2.21 bits per heavy atom. The topological polar surface area (TPSA) is 116 Å². The Morgan fingerprint density at radius 2 is 1.79 bits per heavy atom. The maximum Gasteiger partial charge on any atom is 0.335 e. The molecule has 0 spiro atoms. The van der Waals surface area contributed by atoms with Crippen molar-refractivity contribution in [1.29, 1.82) is 0 Å². The second-order valence-corrected chi connectivity index (χ2v) is 2.97. The Kier molecular flexibility index (Phi) is 3.40. The second kappa shape index (κ2) is 4.20. The average Bonchev–Trinajstić information content (AvgIpc) is 2.14. The number of aliphatic hydroxyl groups is 3. The summed E-state index contributed by atoms with van der Waals surface area (Å²) < 4.78 is 9.31. The summed E-state index contributed by atoms with van der Waals surface area (Å²) in [6.45, 7) is 0. The number of rotatable bonds is 2. The molecule has 5 atom stereocenters. The number of hydrogen-bond acceptors (Lipinski definition) is 6. The Bertz CT molecular complexity index is 216. The lowest BCUT2D eigenvalue weighted by Gasteiger charge is -2.37. The normalized spacial score (nSPS) is 43.6. The van der Waals surface area contributed by atoms with Crippen LogP contribution in [0.4, 0.5) is 0 Å². The van der Waals surface area contributed by atoms with E-state index in [9.17, 15) is 20.1 Å². The molecule has 1 heterocycles. The Morgan fingerprint density at radius 1 is 1.21 bits per heavy atom. The third-order valence-electron chi connectivity index (χ3n) is 2.05. The standard InChI is InChI=1S/C7H12O7/c1-13-7-4(10)2(8)3(9)5(14-7)6(11)12/h2-5,7-10H,1H3,(H,11,12)/t2?,3?,4-,5?,7?/m1/s1. The summed E-state index contributed by atoms with van der Waals surface area (Å²) in [4.78, 5) is 10.5. The highest BCUT2D eigenvalue weighted by Gasteiger charge is 2.46. The highest BCUT2D eigenvalue weighted by atomic mass is 16.7. The second-order valence-electron chi connectivity index (χ2n) is 2.97. The van der Waals surface area contributed by atoms with Gasteiger partial charge in [0.15, 0.2) is 12.4 Å². The van der Waals surface area contributed by atoms with E-state index in [4.69, 9.17) is 9.84 Å². The molecule has 1 fully saturated rings. The number of hydrogen-bond donors (Lipinski definition) is 4. The number of methoxy groups -OCH3 is 1. The predicted octanol–water partition coefficient (Wildman–Crippen LogP) is -2.47. The van der Waals surface area contributed by atoms with Crippen LogP contribution in [0.25, 0.3) is 0 Å². The molecule has 0 aliphatic carbocycles. The molecule has 1 aliphatic heterocycles. The summed E-state index contributed by atoms with van der Waals surface area (Å²) in [7, 11) is 1.19. The quantitative estimate of drug-likeness (QED) is 0.397. The van der Waals surface area contributed by atoms with Gasteiger partial charge in [-0.1, -0.05) is 0 Å². The van der Waals surface area contributed by atoms with Crippen molar-refractivity contribution >= 4 is 5.97 Å². The molecule has 0 amide bonds. The lowest BCUT2D eigenvalue weighted by molar-refractivity contribution is -0.287. The minimum Gasteiger partial charge on any atom is -0.479 e. The number of aliphatic hydroxyl groups excluding tert-OH is 3. The molecule has 14 heavy (non-hydrogen) atoms. The van der Waals surface area contributed by atoms with Crippen molar-refractivity contribution in [3.05, 3.63) is 0 Å². The van der Waals surface area contributed by atoms with Gasteiger partial charge in [0.25, 0.3) is 0 Å². The van der Waals surface area contributed by atoms with Crippen LogP contribution in [0.15, 0.2) is 0 Å². The van der Waals surface area contributed by atoms with Gasteiger partial charge in [0, 0.05) is 7.11 Å². The van der Waals surface area contributed by atoms with Crippen LogP contribution in [0.1, 0.15) is 0 Å². The fourth-order valence-corrected chi connectivity index (χ4v) is 1.25. The summed E-state index contributed by atoms with van der Waals surface area (Å²) in [6, 6.07) is 0. The summed E-state index contributed by atoms with van der Waals surface area (Å²) in [5.74, 6) is -1.43. The summed E-state index contributed by atoms with van der Waals surface area (Å²) in [6.07, 6.45) is -7.60. The van der Waals surface area contributed by atoms with Gasteiger partial charge in [-0.15, -0.1) is 0 Å². The van der Waals surface area contributed by atoms with Gasteiger partial charge in [0.05, 0.1) is 0 Å². The molecule has 0 aromatic heterocycles. The third-order valence-corrected chi connectivity index (χ3v) is 2.05. The van der Waals surface area contributed by atoms with Crippen molar-refractivity contribution < 1.29 is 34.7 Å². The van der Waals surface area contributed by atoms with Crippen LogP contribution < -0.4 is 0 Å². The number of carbonyl (C=O) groups is 1. The highest BCUT2D eigenvalue weighted by molar-refractivity contribution is 5.73. The zero-order chi connectivity index (χ0) is 10.9. The van der Waals surface area contributed by atoms with Gasteiger partial charge >= 0.3 is 5.97 Å². The molecule has 4 unspecified atom stereocenters. The molecule has 0 saturated carbocycles. The lowest BCUT2D eigenvalue weighted by Crippen LogP contribution is -2.60. The van der Waals surface area contributed by atoms with E-state index >= 15 is 0 Å². The summed E-state index contributed by atoms with van der Waals surface area (Å²) in [5, 5.41) is 36.3. The van der Waals surface area contributed by atoms with E-state index < -0.39 is 36.7 Å². The van der Waals surface area contributed by atoms with Crippen molar-refractivity contribution in [3.63, 3.8) is 0 Å². The van der Waals surface area contributed by atoms with Crippen molar-refractivity contribution in [1.82, 2.24) is 0 Å². The largest absolute Gasteiger partial charge is 0.479 e. The molecule has 1 rings (SSSR count). The third kappa shape index (κ3) is 1.86. The van der Waals surface area contributed by atoms with Crippen LogP contribution in [0.3, 0.4) is 0 Å². The number of aliphatic carboxylic acids is 1. The van der Waals surface area contributed by atoms with Gasteiger partial charge < -0.3 is 29.9 Å². The van der Waals surface area contributed by atoms with Crippen LogP contribution in [-0.4, -0.2) is 64.2 Å². The molecule has 0 aromatic rings. The lowest BCUT2D eigenvalue weighted by atomic mass is 9.99. The maximum absolute atomic E-state index is 10.5. The SMILES string of the molecule is COC1OC(C(=O)O)C(O)C(O)[C@H]1O. The number of carboxylic acid groups (broad SMARTS) is 1. The Balaban J connectivity index is 2.78. The minimum atomic E-state index is -1.67. The van der Waals surface area contributed by atoms with Gasteiger partial charge in [0.2, 0.25) is 0 Å². The van der Waals surface area contributed by atoms with Gasteiger partial charge in [-0.2, -0.15) is 0 Å². The first-order valence-corrected chi connectivity index (χ1v) is 3.94. The molecule has 7 nitrogen and oxygen atoms in total. The molecule has 1 saturated heterocycles. The van der Waals surface area contributed by atoms with Crippen molar-refractivity contribution in [2.24, 2.45) is 0 Å². The number of ether oxygens (including phenoxy) is 2. The molecular weight excluding hydrogens is 196 g/mol. The first kappa shape index (κ1) is 11.3. The first-order chi connectivity index (χ1) is 6.49. The first-order valence-electron chi connectivity index (χ1n) is 3.94. The van der Waals surface area contributed by atoms with Gasteiger partial charge in [-0.25, -0.2) is 4.79 Å². The van der Waals surface area contributed by atoms with E-state index in [0.717, 1.165) is 0 Å². The average molecular weight is 208 g/mol. The van der Waals surface area contributed by atoms with Crippen molar-refractivity contribution in [2.75, 3.05) is 7.11 Å².